The summed E-state index contributed by atoms with van der Waals surface area (Å²) in [5, 5.41) is 0. The zero-order valence-corrected chi connectivity index (χ0v) is 15.8. The first-order valence-electron chi connectivity index (χ1n) is 9.66. The molecule has 5 nitrogen and oxygen atoms in total. The number of aromatic amines is 1. The van der Waals surface area contributed by atoms with Gasteiger partial charge in [-0.15, -0.1) is 0 Å². The normalized spacial score (nSPS) is 17.3. The second kappa shape index (κ2) is 8.88. The highest BCUT2D eigenvalue weighted by molar-refractivity contribution is 5.76. The van der Waals surface area contributed by atoms with Crippen LogP contribution in [-0.4, -0.2) is 40.5 Å². The van der Waals surface area contributed by atoms with Gasteiger partial charge in [0.05, 0.1) is 6.61 Å². The van der Waals surface area contributed by atoms with Crippen LogP contribution in [0, 0.1) is 6.92 Å². The Labute approximate surface area is 155 Å². The molecule has 1 N–H and O–H groups in total. The molecule has 140 valence electrons. The number of hydrogen-bond acceptors (Lipinski definition) is 3. The summed E-state index contributed by atoms with van der Waals surface area (Å²) in [7, 11) is 0. The monoisotopic (exact) mass is 355 g/mol. The Bertz CT molecular complexity index is 712. The van der Waals surface area contributed by atoms with E-state index >= 15 is 0 Å². The minimum Gasteiger partial charge on any atom is -0.494 e. The largest absolute Gasteiger partial charge is 0.494 e. The summed E-state index contributed by atoms with van der Waals surface area (Å²) in [6, 6.07) is 6.31. The Morgan fingerprint density at radius 3 is 3.04 bits per heavy atom. The zero-order chi connectivity index (χ0) is 18.4. The van der Waals surface area contributed by atoms with Crippen LogP contribution in [-0.2, 0) is 11.2 Å². The number of H-pyrrole nitrogens is 1. The van der Waals surface area contributed by atoms with Crippen LogP contribution >= 0.6 is 0 Å². The second-order valence-corrected chi connectivity index (χ2v) is 7.04. The van der Waals surface area contributed by atoms with Crippen LogP contribution in [0.15, 0.2) is 30.6 Å². The summed E-state index contributed by atoms with van der Waals surface area (Å²) >= 11 is 0. The molecular weight excluding hydrogens is 326 g/mol. The number of piperidine rings is 1. The van der Waals surface area contributed by atoms with Gasteiger partial charge in [-0.2, -0.15) is 0 Å². The standard InChI is InChI=1S/C21H29N3O2/c1-3-26-19-10-9-17(14-16(19)2)6-4-8-20(25)24-13-5-7-18(15-24)21-22-11-12-23-21/h9-12,14,18H,3-8,13,15H2,1-2H3,(H,22,23). The van der Waals surface area contributed by atoms with Crippen molar-refractivity contribution in [3.63, 3.8) is 0 Å². The first kappa shape index (κ1) is 18.5. The number of aromatic nitrogens is 2. The molecule has 1 aromatic heterocycles. The Hall–Kier alpha value is -2.30. The summed E-state index contributed by atoms with van der Waals surface area (Å²) in [5.74, 6) is 2.57. The number of benzene rings is 1. The molecule has 1 atom stereocenters. The van der Waals surface area contributed by atoms with Gasteiger partial charge in [-0.1, -0.05) is 12.1 Å². The lowest BCUT2D eigenvalue weighted by atomic mass is 9.96. The van der Waals surface area contributed by atoms with Crippen LogP contribution < -0.4 is 4.74 Å². The van der Waals surface area contributed by atoms with Crippen molar-refractivity contribution in [2.45, 2.75) is 51.9 Å². The molecule has 0 bridgehead atoms. The maximum absolute atomic E-state index is 12.6. The average molecular weight is 355 g/mol. The third-order valence-electron chi connectivity index (χ3n) is 5.08. The van der Waals surface area contributed by atoms with Gasteiger partial charge in [-0.05, 0) is 56.7 Å². The van der Waals surface area contributed by atoms with Crippen molar-refractivity contribution in [3.05, 3.63) is 47.5 Å². The van der Waals surface area contributed by atoms with Crippen molar-refractivity contribution >= 4 is 5.91 Å². The summed E-state index contributed by atoms with van der Waals surface area (Å²) in [4.78, 5) is 22.1. The molecule has 2 heterocycles. The number of ether oxygens (including phenoxy) is 1. The van der Waals surface area contributed by atoms with Crippen molar-refractivity contribution < 1.29 is 9.53 Å². The lowest BCUT2D eigenvalue weighted by Gasteiger charge is -2.32. The molecule has 0 aliphatic carbocycles. The van der Waals surface area contributed by atoms with E-state index in [0.717, 1.165) is 55.9 Å². The number of aryl methyl sites for hydroxylation is 2. The Balaban J connectivity index is 1.47. The number of nitrogens with one attached hydrogen (secondary N) is 1. The number of carbonyl (C=O) groups excluding carboxylic acids is 1. The molecule has 5 heteroatoms. The average Bonchev–Trinajstić information content (AvgIpc) is 3.19. The van der Waals surface area contributed by atoms with Crippen LogP contribution in [0.5, 0.6) is 5.75 Å². The van der Waals surface area contributed by atoms with E-state index in [1.54, 1.807) is 6.20 Å². The van der Waals surface area contributed by atoms with E-state index in [1.165, 1.54) is 5.56 Å². The molecule has 1 saturated heterocycles. The number of amides is 1. The second-order valence-electron chi connectivity index (χ2n) is 7.04. The first-order valence-corrected chi connectivity index (χ1v) is 9.66. The first-order chi connectivity index (χ1) is 12.7. The lowest BCUT2D eigenvalue weighted by Crippen LogP contribution is -2.39. The van der Waals surface area contributed by atoms with E-state index in [4.69, 9.17) is 4.74 Å². The SMILES string of the molecule is CCOc1ccc(CCCC(=O)N2CCCC(c3ncc[nH]3)C2)cc1C. The van der Waals surface area contributed by atoms with E-state index in [-0.39, 0.29) is 5.91 Å². The molecule has 1 aliphatic heterocycles. The number of likely N-dealkylation sites (tertiary alicyclic amines) is 1. The van der Waals surface area contributed by atoms with Crippen LogP contribution in [0.4, 0.5) is 0 Å². The number of nitrogens with zero attached hydrogens (tertiary/aromatic N) is 2. The predicted octanol–water partition coefficient (Wildman–Crippen LogP) is 3.85. The molecule has 1 amide bonds. The summed E-state index contributed by atoms with van der Waals surface area (Å²) < 4.78 is 5.59. The Morgan fingerprint density at radius 1 is 1.42 bits per heavy atom. The third kappa shape index (κ3) is 4.65. The van der Waals surface area contributed by atoms with E-state index in [2.05, 4.69) is 29.0 Å². The smallest absolute Gasteiger partial charge is 0.222 e. The van der Waals surface area contributed by atoms with Crippen LogP contribution in [0.3, 0.4) is 0 Å². The highest BCUT2D eigenvalue weighted by Crippen LogP contribution is 2.25. The zero-order valence-electron chi connectivity index (χ0n) is 15.8. The molecule has 1 aromatic carbocycles. The molecular formula is C21H29N3O2. The fraction of sp³-hybridized carbons (Fsp3) is 0.524. The number of imidazole rings is 1. The van der Waals surface area contributed by atoms with Crippen LogP contribution in [0.25, 0.3) is 0 Å². The molecule has 0 saturated carbocycles. The van der Waals surface area contributed by atoms with E-state index in [1.807, 2.05) is 24.1 Å². The topological polar surface area (TPSA) is 58.2 Å². The summed E-state index contributed by atoms with van der Waals surface area (Å²) in [6.07, 6.45) is 8.21. The van der Waals surface area contributed by atoms with E-state index in [9.17, 15) is 4.79 Å². The van der Waals surface area contributed by atoms with Crippen LogP contribution in [0.2, 0.25) is 0 Å². The maximum Gasteiger partial charge on any atom is 0.222 e. The van der Waals surface area contributed by atoms with Gasteiger partial charge in [0.15, 0.2) is 0 Å². The van der Waals surface area contributed by atoms with E-state index < -0.39 is 0 Å². The molecule has 1 unspecified atom stereocenters. The van der Waals surface area contributed by atoms with Gasteiger partial charge in [-0.3, -0.25) is 4.79 Å². The van der Waals surface area contributed by atoms with Gasteiger partial charge in [0.2, 0.25) is 5.91 Å². The van der Waals surface area contributed by atoms with Gasteiger partial charge in [0.25, 0.3) is 0 Å². The number of carbonyl (C=O) groups is 1. The summed E-state index contributed by atoms with van der Waals surface area (Å²) in [6.45, 7) is 6.41. The number of hydrogen-bond donors (Lipinski definition) is 1. The molecule has 2 aromatic rings. The van der Waals surface area contributed by atoms with Gasteiger partial charge in [0.1, 0.15) is 11.6 Å². The Kier molecular flexibility index (Phi) is 6.31. The highest BCUT2D eigenvalue weighted by atomic mass is 16.5. The van der Waals surface area contributed by atoms with Crippen molar-refractivity contribution in [1.29, 1.82) is 0 Å². The third-order valence-corrected chi connectivity index (χ3v) is 5.08. The fourth-order valence-corrected chi connectivity index (χ4v) is 3.71. The van der Waals surface area contributed by atoms with Crippen molar-refractivity contribution in [3.8, 4) is 5.75 Å². The lowest BCUT2D eigenvalue weighted by molar-refractivity contribution is -0.132. The maximum atomic E-state index is 12.6. The van der Waals surface area contributed by atoms with Crippen molar-refractivity contribution in [2.24, 2.45) is 0 Å². The minimum atomic E-state index is 0.268. The number of rotatable bonds is 7. The van der Waals surface area contributed by atoms with Crippen molar-refractivity contribution in [2.75, 3.05) is 19.7 Å². The molecule has 0 spiro atoms. The van der Waals surface area contributed by atoms with Gasteiger partial charge < -0.3 is 14.6 Å². The van der Waals surface area contributed by atoms with Gasteiger partial charge >= 0.3 is 0 Å². The Morgan fingerprint density at radius 2 is 2.31 bits per heavy atom. The fourth-order valence-electron chi connectivity index (χ4n) is 3.71. The van der Waals surface area contributed by atoms with Gasteiger partial charge in [0, 0.05) is 37.8 Å². The van der Waals surface area contributed by atoms with E-state index in [0.29, 0.717) is 18.9 Å². The molecule has 3 rings (SSSR count). The quantitative estimate of drug-likeness (QED) is 0.821. The minimum absolute atomic E-state index is 0.268. The highest BCUT2D eigenvalue weighted by Gasteiger charge is 2.25. The summed E-state index contributed by atoms with van der Waals surface area (Å²) in [5.41, 5.74) is 2.43. The molecule has 26 heavy (non-hydrogen) atoms. The van der Waals surface area contributed by atoms with Gasteiger partial charge in [-0.25, -0.2) is 4.98 Å². The molecule has 1 aliphatic rings. The van der Waals surface area contributed by atoms with Crippen molar-refractivity contribution in [1.82, 2.24) is 14.9 Å². The predicted molar refractivity (Wildman–Crippen MR) is 102 cm³/mol. The molecule has 1 fully saturated rings. The van der Waals surface area contributed by atoms with Crippen LogP contribution in [0.1, 0.15) is 55.5 Å². The molecule has 0 radical (unpaired) electrons.